The zero-order valence-corrected chi connectivity index (χ0v) is 7.62. The summed E-state index contributed by atoms with van der Waals surface area (Å²) < 4.78 is 0. The number of carbonyl (C=O) groups excluding carboxylic acids is 1. The summed E-state index contributed by atoms with van der Waals surface area (Å²) in [6.07, 6.45) is 1.17. The van der Waals surface area contributed by atoms with Gasteiger partial charge in [-0.1, -0.05) is 0 Å². The Balaban J connectivity index is 3.66. The number of carboxylic acids is 1. The van der Waals surface area contributed by atoms with Crippen LogP contribution in [0.25, 0.3) is 0 Å². The maximum absolute atomic E-state index is 10.5. The van der Waals surface area contributed by atoms with Crippen LogP contribution in [0.2, 0.25) is 0 Å². The lowest BCUT2D eigenvalue weighted by Gasteiger charge is -2.10. The highest BCUT2D eigenvalue weighted by Gasteiger charge is 2.14. The third kappa shape index (κ3) is 5.81. The SMILES string of the molecule is N=C(N)NCCCC(NC=O)C(=O)O. The Bertz CT molecular complexity index is 219. The van der Waals surface area contributed by atoms with Crippen molar-refractivity contribution in [1.29, 1.82) is 5.41 Å². The van der Waals surface area contributed by atoms with Crippen molar-refractivity contribution in [2.45, 2.75) is 18.9 Å². The van der Waals surface area contributed by atoms with E-state index in [9.17, 15) is 9.59 Å². The van der Waals surface area contributed by atoms with E-state index in [1.807, 2.05) is 0 Å². The molecular weight excluding hydrogens is 188 g/mol. The summed E-state index contributed by atoms with van der Waals surface area (Å²) in [4.78, 5) is 20.5. The van der Waals surface area contributed by atoms with Crippen LogP contribution in [0.5, 0.6) is 0 Å². The van der Waals surface area contributed by atoms with E-state index in [0.717, 1.165) is 0 Å². The molecule has 0 saturated heterocycles. The van der Waals surface area contributed by atoms with Crippen LogP contribution in [0.15, 0.2) is 0 Å². The molecule has 0 spiro atoms. The minimum Gasteiger partial charge on any atom is -0.480 e. The number of rotatable bonds is 7. The van der Waals surface area contributed by atoms with Crippen LogP contribution in [0.1, 0.15) is 12.8 Å². The Morgan fingerprint density at radius 2 is 2.29 bits per heavy atom. The van der Waals surface area contributed by atoms with Gasteiger partial charge in [-0.3, -0.25) is 10.2 Å². The van der Waals surface area contributed by atoms with Crippen molar-refractivity contribution in [2.75, 3.05) is 6.54 Å². The molecule has 1 unspecified atom stereocenters. The molecule has 80 valence electrons. The molecule has 0 aliphatic carbocycles. The lowest BCUT2D eigenvalue weighted by atomic mass is 10.1. The van der Waals surface area contributed by atoms with Gasteiger partial charge in [-0.15, -0.1) is 0 Å². The van der Waals surface area contributed by atoms with Crippen LogP contribution >= 0.6 is 0 Å². The zero-order valence-electron chi connectivity index (χ0n) is 7.62. The molecule has 0 heterocycles. The lowest BCUT2D eigenvalue weighted by Crippen LogP contribution is -2.37. The first kappa shape index (κ1) is 12.2. The molecule has 0 aliphatic heterocycles. The molecule has 0 aromatic heterocycles. The third-order valence-electron chi connectivity index (χ3n) is 1.55. The highest BCUT2D eigenvalue weighted by atomic mass is 16.4. The second-order valence-corrected chi connectivity index (χ2v) is 2.66. The van der Waals surface area contributed by atoms with E-state index in [-0.39, 0.29) is 5.96 Å². The fourth-order valence-electron chi connectivity index (χ4n) is 0.889. The monoisotopic (exact) mass is 202 g/mol. The molecule has 0 radical (unpaired) electrons. The number of nitrogens with two attached hydrogens (primary N) is 1. The van der Waals surface area contributed by atoms with Gasteiger partial charge in [-0.05, 0) is 12.8 Å². The van der Waals surface area contributed by atoms with Gasteiger partial charge < -0.3 is 21.5 Å². The molecule has 1 amide bonds. The smallest absolute Gasteiger partial charge is 0.326 e. The lowest BCUT2D eigenvalue weighted by molar-refractivity contribution is -0.140. The molecule has 14 heavy (non-hydrogen) atoms. The Morgan fingerprint density at radius 3 is 2.71 bits per heavy atom. The van der Waals surface area contributed by atoms with Gasteiger partial charge in [0.2, 0.25) is 6.41 Å². The quantitative estimate of drug-likeness (QED) is 0.148. The van der Waals surface area contributed by atoms with Gasteiger partial charge in [-0.25, -0.2) is 4.79 Å². The highest BCUT2D eigenvalue weighted by molar-refractivity contribution is 5.76. The molecule has 0 fully saturated rings. The van der Waals surface area contributed by atoms with Crippen molar-refractivity contribution in [3.63, 3.8) is 0 Å². The van der Waals surface area contributed by atoms with Gasteiger partial charge in [0.25, 0.3) is 0 Å². The van der Waals surface area contributed by atoms with E-state index in [1.165, 1.54) is 0 Å². The van der Waals surface area contributed by atoms with Crippen molar-refractivity contribution in [1.82, 2.24) is 10.6 Å². The summed E-state index contributed by atoms with van der Waals surface area (Å²) in [5, 5.41) is 20.1. The van der Waals surface area contributed by atoms with Gasteiger partial charge in [-0.2, -0.15) is 0 Å². The Kier molecular flexibility index (Phi) is 5.84. The maximum atomic E-state index is 10.5. The molecule has 7 heteroatoms. The fourth-order valence-corrected chi connectivity index (χ4v) is 0.889. The Hall–Kier alpha value is -1.79. The normalized spacial score (nSPS) is 11.4. The Labute approximate surface area is 81.2 Å². The van der Waals surface area contributed by atoms with E-state index < -0.39 is 12.0 Å². The van der Waals surface area contributed by atoms with E-state index in [2.05, 4.69) is 10.6 Å². The van der Waals surface area contributed by atoms with Crippen molar-refractivity contribution in [3.8, 4) is 0 Å². The first-order chi connectivity index (χ1) is 6.57. The third-order valence-corrected chi connectivity index (χ3v) is 1.55. The van der Waals surface area contributed by atoms with Crippen molar-refractivity contribution in [3.05, 3.63) is 0 Å². The minimum atomic E-state index is -1.07. The van der Waals surface area contributed by atoms with Crippen LogP contribution in [0, 0.1) is 5.41 Å². The van der Waals surface area contributed by atoms with Crippen molar-refractivity contribution < 1.29 is 14.7 Å². The van der Waals surface area contributed by atoms with E-state index in [4.69, 9.17) is 16.2 Å². The molecule has 0 bridgehead atoms. The second-order valence-electron chi connectivity index (χ2n) is 2.66. The number of hydrogen-bond donors (Lipinski definition) is 5. The largest absolute Gasteiger partial charge is 0.480 e. The second kappa shape index (κ2) is 6.70. The predicted molar refractivity (Wildman–Crippen MR) is 49.8 cm³/mol. The molecule has 6 N–H and O–H groups in total. The zero-order chi connectivity index (χ0) is 11.0. The minimum absolute atomic E-state index is 0.153. The van der Waals surface area contributed by atoms with Gasteiger partial charge in [0.1, 0.15) is 6.04 Å². The standard InChI is InChI=1S/C7H14N4O3/c8-7(9)10-3-1-2-5(6(13)14)11-4-12/h4-5H,1-3H2,(H,11,12)(H,13,14)(H4,8,9,10). The van der Waals surface area contributed by atoms with Crippen LogP contribution in [-0.4, -0.2) is 36.0 Å². The topological polar surface area (TPSA) is 128 Å². The van der Waals surface area contributed by atoms with Crippen LogP contribution in [0.3, 0.4) is 0 Å². The van der Waals surface area contributed by atoms with Crippen LogP contribution in [-0.2, 0) is 9.59 Å². The number of amides is 1. The van der Waals surface area contributed by atoms with Gasteiger partial charge in [0.15, 0.2) is 5.96 Å². The molecule has 1 atom stereocenters. The molecule has 0 aromatic carbocycles. The fraction of sp³-hybridized carbons (Fsp3) is 0.571. The first-order valence-corrected chi connectivity index (χ1v) is 4.08. The number of aliphatic carboxylic acids is 1. The molecule has 0 rings (SSSR count). The average Bonchev–Trinajstić information content (AvgIpc) is 2.09. The van der Waals surface area contributed by atoms with Crippen molar-refractivity contribution in [2.24, 2.45) is 5.73 Å². The molecule has 0 saturated carbocycles. The predicted octanol–water partition coefficient (Wildman–Crippen LogP) is -1.55. The van der Waals surface area contributed by atoms with E-state index in [1.54, 1.807) is 0 Å². The molecule has 0 aliphatic rings. The Morgan fingerprint density at radius 1 is 1.64 bits per heavy atom. The number of hydrogen-bond acceptors (Lipinski definition) is 3. The summed E-state index contributed by atoms with van der Waals surface area (Å²) in [6.45, 7) is 0.416. The number of carboxylic acid groups (broad SMARTS) is 1. The molecule has 7 nitrogen and oxygen atoms in total. The molecular formula is C7H14N4O3. The van der Waals surface area contributed by atoms with Gasteiger partial charge in [0, 0.05) is 6.54 Å². The van der Waals surface area contributed by atoms with Gasteiger partial charge >= 0.3 is 5.97 Å². The summed E-state index contributed by atoms with van der Waals surface area (Å²) in [7, 11) is 0. The maximum Gasteiger partial charge on any atom is 0.326 e. The van der Waals surface area contributed by atoms with Crippen LogP contribution < -0.4 is 16.4 Å². The van der Waals surface area contributed by atoms with Gasteiger partial charge in [0.05, 0.1) is 0 Å². The number of nitrogens with one attached hydrogen (secondary N) is 3. The first-order valence-electron chi connectivity index (χ1n) is 4.08. The summed E-state index contributed by atoms with van der Waals surface area (Å²) in [6, 6.07) is -0.874. The average molecular weight is 202 g/mol. The number of carbonyl (C=O) groups is 2. The summed E-state index contributed by atoms with van der Waals surface area (Å²) in [5.74, 6) is -1.22. The number of guanidine groups is 1. The summed E-state index contributed by atoms with van der Waals surface area (Å²) >= 11 is 0. The van der Waals surface area contributed by atoms with E-state index >= 15 is 0 Å². The van der Waals surface area contributed by atoms with E-state index in [0.29, 0.717) is 25.8 Å². The summed E-state index contributed by atoms with van der Waals surface area (Å²) in [5.41, 5.74) is 5.01. The van der Waals surface area contributed by atoms with Crippen LogP contribution in [0.4, 0.5) is 0 Å². The molecule has 0 aromatic rings. The van der Waals surface area contributed by atoms with Crippen molar-refractivity contribution >= 4 is 18.3 Å². The highest BCUT2D eigenvalue weighted by Crippen LogP contribution is 1.95.